The molecule has 1 aliphatic heterocycles. The number of hydrogen-bond acceptors (Lipinski definition) is 3. The molecule has 3 rings (SSSR count). The summed E-state index contributed by atoms with van der Waals surface area (Å²) in [5.74, 6) is 1.73. The molecule has 1 aromatic carbocycles. The molecule has 23 heavy (non-hydrogen) atoms. The molecule has 0 spiro atoms. The predicted molar refractivity (Wildman–Crippen MR) is 86.7 cm³/mol. The number of amides is 2. The topological polar surface area (TPSA) is 59.1 Å². The van der Waals surface area contributed by atoms with Gasteiger partial charge in [-0.2, -0.15) is 0 Å². The number of urea groups is 1. The number of nitrogens with zero attached hydrogens (tertiary/aromatic N) is 1. The number of nitrogens with one attached hydrogen (secondary N) is 2. The van der Waals surface area contributed by atoms with E-state index in [-0.39, 0.29) is 6.03 Å². The molecule has 1 aromatic heterocycles. The third-order valence-corrected chi connectivity index (χ3v) is 4.08. The molecule has 1 saturated heterocycles. The Morgan fingerprint density at radius 2 is 2.13 bits per heavy atom. The van der Waals surface area contributed by atoms with Crippen molar-refractivity contribution in [2.45, 2.75) is 6.54 Å². The molecule has 1 aliphatic rings. The largest absolute Gasteiger partial charge is 0.497 e. The first kappa shape index (κ1) is 15.4. The van der Waals surface area contributed by atoms with Gasteiger partial charge in [0.15, 0.2) is 5.76 Å². The molecule has 0 saturated carbocycles. The van der Waals surface area contributed by atoms with Gasteiger partial charge in [-0.25, -0.2) is 4.79 Å². The quantitative estimate of drug-likeness (QED) is 0.892. The SMILES string of the molecule is COc1cccc(NC(=O)N2CC[NH+](Cc3ccco3)CC2)c1. The summed E-state index contributed by atoms with van der Waals surface area (Å²) in [5, 5.41) is 2.93. The van der Waals surface area contributed by atoms with Crippen molar-refractivity contribution < 1.29 is 18.8 Å². The van der Waals surface area contributed by atoms with Crippen LogP contribution in [0.15, 0.2) is 47.1 Å². The van der Waals surface area contributed by atoms with Crippen molar-refractivity contribution in [3.05, 3.63) is 48.4 Å². The molecule has 2 aromatic rings. The van der Waals surface area contributed by atoms with Crippen molar-refractivity contribution in [3.8, 4) is 5.75 Å². The van der Waals surface area contributed by atoms with E-state index in [0.717, 1.165) is 49.9 Å². The van der Waals surface area contributed by atoms with Gasteiger partial charge in [-0.15, -0.1) is 0 Å². The number of benzene rings is 1. The van der Waals surface area contributed by atoms with E-state index >= 15 is 0 Å². The lowest BCUT2D eigenvalue weighted by Gasteiger charge is -2.31. The van der Waals surface area contributed by atoms with Gasteiger partial charge in [-0.3, -0.25) is 0 Å². The molecular formula is C17H22N3O3+. The Hall–Kier alpha value is -2.47. The van der Waals surface area contributed by atoms with E-state index in [2.05, 4.69) is 5.32 Å². The summed E-state index contributed by atoms with van der Waals surface area (Å²) in [7, 11) is 1.61. The highest BCUT2D eigenvalue weighted by Crippen LogP contribution is 2.17. The third kappa shape index (κ3) is 4.04. The summed E-state index contributed by atoms with van der Waals surface area (Å²) in [6.07, 6.45) is 1.70. The standard InChI is InChI=1S/C17H21N3O3/c1-22-15-5-2-4-14(12-15)18-17(21)20-9-7-19(8-10-20)13-16-6-3-11-23-16/h2-6,11-12H,7-10,13H2,1H3,(H,18,21)/p+1. The Morgan fingerprint density at radius 3 is 2.83 bits per heavy atom. The Morgan fingerprint density at radius 1 is 1.30 bits per heavy atom. The summed E-state index contributed by atoms with van der Waals surface area (Å²) in [5.41, 5.74) is 0.750. The second-order valence-electron chi connectivity index (χ2n) is 5.66. The maximum atomic E-state index is 12.3. The zero-order valence-corrected chi connectivity index (χ0v) is 13.2. The van der Waals surface area contributed by atoms with E-state index in [4.69, 9.17) is 9.15 Å². The maximum absolute atomic E-state index is 12.3. The predicted octanol–water partition coefficient (Wildman–Crippen LogP) is 1.22. The highest BCUT2D eigenvalue weighted by molar-refractivity contribution is 5.89. The highest BCUT2D eigenvalue weighted by atomic mass is 16.5. The fourth-order valence-electron chi connectivity index (χ4n) is 2.77. The highest BCUT2D eigenvalue weighted by Gasteiger charge is 2.24. The van der Waals surface area contributed by atoms with Crippen LogP contribution in [-0.4, -0.2) is 44.2 Å². The molecule has 0 bridgehead atoms. The van der Waals surface area contributed by atoms with Crippen LogP contribution in [0.4, 0.5) is 10.5 Å². The number of anilines is 1. The summed E-state index contributed by atoms with van der Waals surface area (Å²) >= 11 is 0. The number of ether oxygens (including phenoxy) is 1. The molecule has 0 aliphatic carbocycles. The van der Waals surface area contributed by atoms with Gasteiger partial charge in [0.25, 0.3) is 0 Å². The van der Waals surface area contributed by atoms with E-state index < -0.39 is 0 Å². The number of furan rings is 1. The maximum Gasteiger partial charge on any atom is 0.322 e. The number of carbonyl (C=O) groups is 1. The average Bonchev–Trinajstić information content (AvgIpc) is 3.08. The van der Waals surface area contributed by atoms with Crippen molar-refractivity contribution in [1.29, 1.82) is 0 Å². The monoisotopic (exact) mass is 316 g/mol. The van der Waals surface area contributed by atoms with Crippen LogP contribution in [0.1, 0.15) is 5.76 Å². The fraction of sp³-hybridized carbons (Fsp3) is 0.353. The molecule has 2 N–H and O–H groups in total. The molecule has 122 valence electrons. The molecule has 0 radical (unpaired) electrons. The molecule has 2 heterocycles. The van der Waals surface area contributed by atoms with E-state index in [9.17, 15) is 4.79 Å². The van der Waals surface area contributed by atoms with E-state index in [0.29, 0.717) is 0 Å². The van der Waals surface area contributed by atoms with Crippen LogP contribution in [-0.2, 0) is 6.54 Å². The van der Waals surface area contributed by atoms with Gasteiger partial charge in [-0.05, 0) is 24.3 Å². The van der Waals surface area contributed by atoms with E-state index in [1.54, 1.807) is 13.4 Å². The van der Waals surface area contributed by atoms with Crippen LogP contribution < -0.4 is 15.0 Å². The lowest BCUT2D eigenvalue weighted by atomic mass is 10.3. The Labute approximate surface area is 135 Å². The van der Waals surface area contributed by atoms with E-state index in [1.165, 1.54) is 4.90 Å². The summed E-state index contributed by atoms with van der Waals surface area (Å²) in [6, 6.07) is 11.2. The molecule has 0 unspecified atom stereocenters. The third-order valence-electron chi connectivity index (χ3n) is 4.08. The van der Waals surface area contributed by atoms with Gasteiger partial charge in [-0.1, -0.05) is 6.07 Å². The fourth-order valence-corrected chi connectivity index (χ4v) is 2.77. The Bertz CT molecular complexity index is 634. The van der Waals surface area contributed by atoms with Crippen LogP contribution in [0.2, 0.25) is 0 Å². The number of piperazine rings is 1. The minimum Gasteiger partial charge on any atom is -0.497 e. The van der Waals surface area contributed by atoms with Gasteiger partial charge in [0.1, 0.15) is 12.3 Å². The number of carbonyl (C=O) groups excluding carboxylic acids is 1. The van der Waals surface area contributed by atoms with Crippen molar-refractivity contribution in [3.63, 3.8) is 0 Å². The Balaban J connectivity index is 1.49. The average molecular weight is 316 g/mol. The summed E-state index contributed by atoms with van der Waals surface area (Å²) in [4.78, 5) is 15.6. The number of hydrogen-bond donors (Lipinski definition) is 2. The molecule has 1 fully saturated rings. The van der Waals surface area contributed by atoms with Gasteiger partial charge < -0.3 is 24.3 Å². The normalized spacial score (nSPS) is 15.4. The van der Waals surface area contributed by atoms with Crippen LogP contribution in [0, 0.1) is 0 Å². The summed E-state index contributed by atoms with van der Waals surface area (Å²) < 4.78 is 10.6. The second-order valence-corrected chi connectivity index (χ2v) is 5.66. The number of quaternary nitrogens is 1. The molecule has 6 nitrogen and oxygen atoms in total. The minimum atomic E-state index is -0.0599. The van der Waals surface area contributed by atoms with Crippen molar-refractivity contribution >= 4 is 11.7 Å². The molecular weight excluding hydrogens is 294 g/mol. The zero-order valence-electron chi connectivity index (χ0n) is 13.2. The first-order valence-electron chi connectivity index (χ1n) is 7.80. The lowest BCUT2D eigenvalue weighted by molar-refractivity contribution is -0.918. The molecule has 2 amide bonds. The second kappa shape index (κ2) is 7.19. The lowest BCUT2D eigenvalue weighted by Crippen LogP contribution is -3.13. The number of methoxy groups -OCH3 is 1. The van der Waals surface area contributed by atoms with Crippen LogP contribution >= 0.6 is 0 Å². The van der Waals surface area contributed by atoms with Crippen LogP contribution in [0.3, 0.4) is 0 Å². The first-order valence-corrected chi connectivity index (χ1v) is 7.80. The van der Waals surface area contributed by atoms with Crippen molar-refractivity contribution in [2.75, 3.05) is 38.6 Å². The summed E-state index contributed by atoms with van der Waals surface area (Å²) in [6.45, 7) is 4.20. The van der Waals surface area contributed by atoms with Gasteiger partial charge in [0, 0.05) is 11.8 Å². The van der Waals surface area contributed by atoms with Crippen molar-refractivity contribution in [1.82, 2.24) is 4.90 Å². The van der Waals surface area contributed by atoms with Gasteiger partial charge in [0.05, 0.1) is 39.6 Å². The molecule has 6 heteroatoms. The van der Waals surface area contributed by atoms with E-state index in [1.807, 2.05) is 41.3 Å². The van der Waals surface area contributed by atoms with Crippen LogP contribution in [0.25, 0.3) is 0 Å². The van der Waals surface area contributed by atoms with Crippen molar-refractivity contribution in [2.24, 2.45) is 0 Å². The van der Waals surface area contributed by atoms with Gasteiger partial charge >= 0.3 is 6.03 Å². The first-order chi connectivity index (χ1) is 11.2. The number of rotatable bonds is 4. The smallest absolute Gasteiger partial charge is 0.322 e. The minimum absolute atomic E-state index is 0.0599. The van der Waals surface area contributed by atoms with Crippen LogP contribution in [0.5, 0.6) is 5.75 Å². The molecule has 0 atom stereocenters. The Kier molecular flexibility index (Phi) is 4.83. The van der Waals surface area contributed by atoms with Gasteiger partial charge in [0.2, 0.25) is 0 Å². The zero-order chi connectivity index (χ0) is 16.1.